The normalized spacial score (nSPS) is 27.7. The molecule has 3 amide bonds. The number of fused-ring (bicyclic) bond motifs is 3. The van der Waals surface area contributed by atoms with Gasteiger partial charge in [-0.3, -0.25) is 14.4 Å². The van der Waals surface area contributed by atoms with Crippen LogP contribution in [0.4, 0.5) is 11.4 Å². The molecule has 0 aliphatic carbocycles. The highest BCUT2D eigenvalue weighted by Gasteiger charge is 2.66. The molecule has 4 N–H and O–H groups in total. The number of carbonyl (C=O) groups excluding carboxylic acids is 3. The second-order valence-electron chi connectivity index (χ2n) is 15.0. The van der Waals surface area contributed by atoms with Crippen LogP contribution in [0.3, 0.4) is 0 Å². The number of hydrogen-bond acceptors (Lipinski definition) is 7. The molecule has 0 radical (unpaired) electrons. The zero-order chi connectivity index (χ0) is 35.2. The second-order valence-corrected chi connectivity index (χ2v) is 19.0. The van der Waals surface area contributed by atoms with Crippen molar-refractivity contribution in [2.75, 3.05) is 29.9 Å². The zero-order valence-corrected chi connectivity index (χ0v) is 30.1. The van der Waals surface area contributed by atoms with Crippen LogP contribution < -0.4 is 15.5 Å². The first-order valence-corrected chi connectivity index (χ1v) is 20.9. The summed E-state index contributed by atoms with van der Waals surface area (Å²) in [6, 6.07) is 22.9. The van der Waals surface area contributed by atoms with Gasteiger partial charge in [-0.1, -0.05) is 61.5 Å². The minimum atomic E-state index is -2.98. The van der Waals surface area contributed by atoms with Crippen molar-refractivity contribution in [1.82, 2.24) is 10.2 Å². The van der Waals surface area contributed by atoms with Crippen molar-refractivity contribution < 1.29 is 29.0 Å². The number of ether oxygens (including phenoxy) is 1. The number of piperidine rings is 1. The molecular formula is C39H48N4O6Si. The van der Waals surface area contributed by atoms with E-state index in [1.165, 1.54) is 0 Å². The Balaban J connectivity index is 1.13. The third kappa shape index (κ3) is 6.19. The van der Waals surface area contributed by atoms with E-state index in [0.717, 1.165) is 47.3 Å². The van der Waals surface area contributed by atoms with Crippen molar-refractivity contribution in [3.63, 3.8) is 0 Å². The average Bonchev–Trinajstić information content (AvgIpc) is 3.54. The molecule has 1 unspecified atom stereocenters. The van der Waals surface area contributed by atoms with E-state index < -0.39 is 31.5 Å². The monoisotopic (exact) mass is 696 g/mol. The highest BCUT2D eigenvalue weighted by atomic mass is 28.4. The van der Waals surface area contributed by atoms with Crippen molar-refractivity contribution in [1.29, 1.82) is 0 Å². The van der Waals surface area contributed by atoms with E-state index in [0.29, 0.717) is 31.7 Å². The van der Waals surface area contributed by atoms with E-state index in [9.17, 15) is 24.3 Å². The standard InChI is InChI=1S/C39H48N4O6Si/c1-25-36(50(2,3)48)34(20-35(45)42-23-29-10-5-4-9-27(29)19-31(42)24-44)49-39(25)32-12-6-7-13-33(32)43(38(39)47)22-26-14-16-30(17-15-26)41-37(46)28-11-8-18-40-21-28/h4-7,9-10,12-17,25,28,31,34,36,40,44,48H,8,11,18-24H2,1-3H3,(H,41,46)/t25-,28?,31-,34+,36-,39+/m0/s1. The lowest BCUT2D eigenvalue weighted by Gasteiger charge is -2.37. The third-order valence-corrected chi connectivity index (χ3v) is 13.9. The summed E-state index contributed by atoms with van der Waals surface area (Å²) in [5.74, 6) is -0.786. The van der Waals surface area contributed by atoms with Gasteiger partial charge < -0.3 is 35.1 Å². The van der Waals surface area contributed by atoms with Crippen molar-refractivity contribution in [3.05, 3.63) is 95.1 Å². The Morgan fingerprint density at radius 2 is 1.76 bits per heavy atom. The molecule has 6 atom stereocenters. The molecule has 2 saturated heterocycles. The van der Waals surface area contributed by atoms with Gasteiger partial charge in [0.15, 0.2) is 13.9 Å². The summed E-state index contributed by atoms with van der Waals surface area (Å²) in [6.45, 7) is 7.87. The number of aliphatic hydroxyl groups excluding tert-OH is 1. The molecule has 264 valence electrons. The van der Waals surface area contributed by atoms with Crippen LogP contribution in [0.2, 0.25) is 18.6 Å². The molecule has 11 heteroatoms. The van der Waals surface area contributed by atoms with Gasteiger partial charge in [0.25, 0.3) is 5.91 Å². The first-order chi connectivity index (χ1) is 24.0. The van der Waals surface area contributed by atoms with Crippen LogP contribution in [0.15, 0.2) is 72.8 Å². The van der Waals surface area contributed by atoms with E-state index in [2.05, 4.69) is 10.6 Å². The predicted octanol–water partition coefficient (Wildman–Crippen LogP) is 4.31. The van der Waals surface area contributed by atoms with Gasteiger partial charge in [0.05, 0.1) is 43.3 Å². The van der Waals surface area contributed by atoms with Crippen LogP contribution in [0, 0.1) is 11.8 Å². The van der Waals surface area contributed by atoms with Crippen LogP contribution in [0.1, 0.15) is 48.4 Å². The maximum atomic E-state index is 14.8. The van der Waals surface area contributed by atoms with Gasteiger partial charge in [-0.15, -0.1) is 0 Å². The summed E-state index contributed by atoms with van der Waals surface area (Å²) in [5.41, 5.74) is 3.56. The molecule has 50 heavy (non-hydrogen) atoms. The van der Waals surface area contributed by atoms with Gasteiger partial charge in [0, 0.05) is 35.8 Å². The topological polar surface area (TPSA) is 131 Å². The fraction of sp³-hybridized carbons (Fsp3) is 0.462. The minimum absolute atomic E-state index is 0.00592. The molecule has 3 aromatic rings. The molecular weight excluding hydrogens is 649 g/mol. The van der Waals surface area contributed by atoms with Gasteiger partial charge >= 0.3 is 0 Å². The molecule has 1 spiro atoms. The summed E-state index contributed by atoms with van der Waals surface area (Å²) >= 11 is 0. The number of hydrogen-bond donors (Lipinski definition) is 4. The lowest BCUT2D eigenvalue weighted by molar-refractivity contribution is -0.151. The Labute approximate surface area is 294 Å². The van der Waals surface area contributed by atoms with E-state index >= 15 is 0 Å². The van der Waals surface area contributed by atoms with Crippen LogP contribution in [0.25, 0.3) is 0 Å². The SMILES string of the molecule is C[C@H]1[C@H]([Si](C)(C)O)[C@@H](CC(=O)N2Cc3ccccc3C[C@H]2CO)O[C@]12C(=O)N(Cc1ccc(NC(=O)C3CCCNC3)cc1)c1ccccc12. The van der Waals surface area contributed by atoms with Crippen molar-refractivity contribution >= 4 is 37.4 Å². The summed E-state index contributed by atoms with van der Waals surface area (Å²) in [5, 5.41) is 16.6. The third-order valence-electron chi connectivity index (χ3n) is 11.4. The van der Waals surface area contributed by atoms with E-state index in [1.54, 1.807) is 9.80 Å². The Morgan fingerprint density at radius 1 is 1.04 bits per heavy atom. The number of nitrogens with one attached hydrogen (secondary N) is 2. The molecule has 4 aliphatic heterocycles. The number of aliphatic hydroxyl groups is 1. The highest BCUT2D eigenvalue weighted by molar-refractivity contribution is 6.71. The van der Waals surface area contributed by atoms with Gasteiger partial charge in [0.2, 0.25) is 11.8 Å². The second kappa shape index (κ2) is 13.7. The first-order valence-electron chi connectivity index (χ1n) is 17.9. The summed E-state index contributed by atoms with van der Waals surface area (Å²) in [4.78, 5) is 56.8. The number of anilines is 2. The molecule has 2 fully saturated rings. The molecule has 3 aromatic carbocycles. The molecule has 0 saturated carbocycles. The van der Waals surface area contributed by atoms with Crippen molar-refractivity contribution in [3.8, 4) is 0 Å². The number of nitrogens with zero attached hydrogens (tertiary/aromatic N) is 2. The largest absolute Gasteiger partial charge is 0.432 e. The number of rotatable bonds is 8. The van der Waals surface area contributed by atoms with Crippen molar-refractivity contribution in [2.24, 2.45) is 11.8 Å². The number of amides is 3. The predicted molar refractivity (Wildman–Crippen MR) is 194 cm³/mol. The van der Waals surface area contributed by atoms with Gasteiger partial charge in [-0.2, -0.15) is 0 Å². The molecule has 4 aliphatic rings. The smallest absolute Gasteiger partial charge is 0.264 e. The van der Waals surface area contributed by atoms with Crippen molar-refractivity contribution in [2.45, 2.75) is 82.1 Å². The van der Waals surface area contributed by atoms with Crippen LogP contribution in [-0.2, 0) is 44.2 Å². The Bertz CT molecular complexity index is 1760. The van der Waals surface area contributed by atoms with Gasteiger partial charge in [-0.05, 0) is 73.8 Å². The fourth-order valence-electron chi connectivity index (χ4n) is 8.92. The van der Waals surface area contributed by atoms with E-state index in [4.69, 9.17) is 4.74 Å². The van der Waals surface area contributed by atoms with Crippen LogP contribution in [-0.4, -0.2) is 72.7 Å². The van der Waals surface area contributed by atoms with Gasteiger partial charge in [0.1, 0.15) is 0 Å². The Morgan fingerprint density at radius 3 is 2.46 bits per heavy atom. The molecule has 0 aromatic heterocycles. The van der Waals surface area contributed by atoms with Gasteiger partial charge in [-0.25, -0.2) is 0 Å². The Kier molecular flexibility index (Phi) is 9.46. The number of para-hydroxylation sites is 1. The van der Waals surface area contributed by atoms with E-state index in [-0.39, 0.29) is 42.7 Å². The maximum absolute atomic E-state index is 14.8. The molecule has 4 heterocycles. The number of carbonyl (C=O) groups is 3. The number of benzene rings is 3. The molecule has 0 bridgehead atoms. The summed E-state index contributed by atoms with van der Waals surface area (Å²) in [7, 11) is -2.98. The quantitative estimate of drug-likeness (QED) is 0.259. The minimum Gasteiger partial charge on any atom is -0.432 e. The first kappa shape index (κ1) is 34.6. The lowest BCUT2D eigenvalue weighted by Crippen LogP contribution is -2.48. The molecule has 7 rings (SSSR count). The summed E-state index contributed by atoms with van der Waals surface area (Å²) in [6.07, 6.45) is 1.75. The lowest BCUT2D eigenvalue weighted by atomic mass is 9.82. The molecule has 10 nitrogen and oxygen atoms in total. The van der Waals surface area contributed by atoms with Crippen LogP contribution in [0.5, 0.6) is 0 Å². The highest BCUT2D eigenvalue weighted by Crippen LogP contribution is 2.59. The average molecular weight is 697 g/mol. The van der Waals surface area contributed by atoms with E-state index in [1.807, 2.05) is 92.8 Å². The van der Waals surface area contributed by atoms with Crippen LogP contribution >= 0.6 is 0 Å². The maximum Gasteiger partial charge on any atom is 0.264 e. The summed E-state index contributed by atoms with van der Waals surface area (Å²) < 4.78 is 6.91. The fourth-order valence-corrected chi connectivity index (χ4v) is 11.5. The zero-order valence-electron chi connectivity index (χ0n) is 29.1. The Hall–Kier alpha value is -3.87.